The van der Waals surface area contributed by atoms with E-state index in [0.717, 1.165) is 14.8 Å². The van der Waals surface area contributed by atoms with Gasteiger partial charge in [0.05, 0.1) is 5.69 Å². The first-order valence-electron chi connectivity index (χ1n) is 10.6. The topological polar surface area (TPSA) is 125 Å². The van der Waals surface area contributed by atoms with Gasteiger partial charge in [0.2, 0.25) is 17.6 Å². The van der Waals surface area contributed by atoms with E-state index in [-0.39, 0.29) is 42.7 Å². The minimum absolute atomic E-state index is 0.0605. The van der Waals surface area contributed by atoms with Crippen LogP contribution in [0.3, 0.4) is 0 Å². The van der Waals surface area contributed by atoms with E-state index in [0.29, 0.717) is 17.3 Å². The summed E-state index contributed by atoms with van der Waals surface area (Å²) in [5.74, 6) is -0.0562. The molecule has 2 heterocycles. The van der Waals surface area contributed by atoms with Gasteiger partial charge in [-0.2, -0.15) is 14.8 Å². The normalized spacial score (nSPS) is 10.9. The number of aryl methyl sites for hydroxylation is 1. The Balaban J connectivity index is 1.52. The highest BCUT2D eigenvalue weighted by atomic mass is 35.5. The van der Waals surface area contributed by atoms with Crippen molar-refractivity contribution >= 4 is 17.5 Å². The molecule has 10 nitrogen and oxygen atoms in total. The summed E-state index contributed by atoms with van der Waals surface area (Å²) in [6.07, 6.45) is 0.317. The summed E-state index contributed by atoms with van der Waals surface area (Å²) >= 11 is 5.93. The molecule has 1 amide bonds. The van der Waals surface area contributed by atoms with Crippen molar-refractivity contribution in [2.75, 3.05) is 0 Å². The molecule has 174 valence electrons. The summed E-state index contributed by atoms with van der Waals surface area (Å²) in [6.45, 7) is 2.23. The molecule has 2 aromatic heterocycles. The van der Waals surface area contributed by atoms with E-state index in [4.69, 9.17) is 16.1 Å². The molecule has 0 aliphatic heterocycles. The number of nitrogens with zero attached hydrogens (tertiary/aromatic N) is 5. The van der Waals surface area contributed by atoms with Crippen molar-refractivity contribution in [3.63, 3.8) is 0 Å². The number of carbonyl (C=O) groups is 1. The number of benzene rings is 2. The minimum atomic E-state index is -0.634. The van der Waals surface area contributed by atoms with Crippen LogP contribution >= 0.6 is 11.6 Å². The van der Waals surface area contributed by atoms with Gasteiger partial charge in [0.15, 0.2) is 5.69 Å². The summed E-state index contributed by atoms with van der Waals surface area (Å²) in [4.78, 5) is 42.0. The average molecular weight is 481 g/mol. The molecule has 0 spiro atoms. The van der Waals surface area contributed by atoms with Crippen molar-refractivity contribution in [1.29, 1.82) is 0 Å². The maximum absolute atomic E-state index is 12.8. The molecule has 0 fully saturated rings. The summed E-state index contributed by atoms with van der Waals surface area (Å²) in [6, 6.07) is 16.0. The van der Waals surface area contributed by atoms with Crippen molar-refractivity contribution in [3.05, 3.63) is 91.9 Å². The molecule has 11 heteroatoms. The zero-order valence-electron chi connectivity index (χ0n) is 18.3. The molecule has 0 aliphatic rings. The molecule has 34 heavy (non-hydrogen) atoms. The number of amides is 1. The lowest BCUT2D eigenvalue weighted by molar-refractivity contribution is -0.121. The van der Waals surface area contributed by atoms with Crippen LogP contribution in [0, 0.1) is 0 Å². The fourth-order valence-corrected chi connectivity index (χ4v) is 3.37. The lowest BCUT2D eigenvalue weighted by atomic mass is 10.2. The molecule has 0 bridgehead atoms. The second-order valence-corrected chi connectivity index (χ2v) is 7.78. The fourth-order valence-electron chi connectivity index (χ4n) is 3.24. The highest BCUT2D eigenvalue weighted by Crippen LogP contribution is 2.13. The van der Waals surface area contributed by atoms with Crippen LogP contribution in [0.5, 0.6) is 0 Å². The van der Waals surface area contributed by atoms with Crippen LogP contribution in [-0.2, 0) is 24.3 Å². The minimum Gasteiger partial charge on any atom is -0.352 e. The van der Waals surface area contributed by atoms with E-state index in [1.165, 1.54) is 0 Å². The summed E-state index contributed by atoms with van der Waals surface area (Å²) in [5, 5.41) is 11.4. The third kappa shape index (κ3) is 5.12. The summed E-state index contributed by atoms with van der Waals surface area (Å²) in [5.41, 5.74) is 0.0460. The third-order valence-electron chi connectivity index (χ3n) is 5.03. The Hall–Kier alpha value is -4.05. The first kappa shape index (κ1) is 23.1. The van der Waals surface area contributed by atoms with Crippen LogP contribution in [-0.4, -0.2) is 30.4 Å². The second-order valence-electron chi connectivity index (χ2n) is 7.34. The van der Waals surface area contributed by atoms with Crippen LogP contribution in [0.25, 0.3) is 17.2 Å². The Morgan fingerprint density at radius 1 is 1.09 bits per heavy atom. The first-order chi connectivity index (χ1) is 16.5. The smallest absolute Gasteiger partial charge is 0.352 e. The monoisotopic (exact) mass is 480 g/mol. The van der Waals surface area contributed by atoms with Gasteiger partial charge in [-0.3, -0.25) is 14.2 Å². The van der Waals surface area contributed by atoms with E-state index < -0.39 is 11.2 Å². The van der Waals surface area contributed by atoms with Crippen LogP contribution in [0.4, 0.5) is 0 Å². The zero-order valence-corrected chi connectivity index (χ0v) is 19.0. The van der Waals surface area contributed by atoms with Gasteiger partial charge in [0.25, 0.3) is 5.56 Å². The molecule has 1 N–H and O–H groups in total. The summed E-state index contributed by atoms with van der Waals surface area (Å²) < 4.78 is 7.34. The quantitative estimate of drug-likeness (QED) is 0.410. The standard InChI is InChI=1S/C23H21ClN6O4/c1-2-29-22(32)20(27-30(23(29)33)17-10-8-16(24)9-11-17)21-26-19(34-28-21)13-12-18(31)25-14-15-6-4-3-5-7-15/h3-11H,2,12-14H2,1H3,(H,25,31). The predicted molar refractivity (Wildman–Crippen MR) is 125 cm³/mol. The third-order valence-corrected chi connectivity index (χ3v) is 5.28. The van der Waals surface area contributed by atoms with Crippen molar-refractivity contribution in [2.45, 2.75) is 32.9 Å². The van der Waals surface area contributed by atoms with Gasteiger partial charge in [0, 0.05) is 31.0 Å². The Kier molecular flexibility index (Phi) is 6.98. The number of halogens is 1. The molecule has 0 saturated heterocycles. The number of hydrogen-bond acceptors (Lipinski definition) is 7. The SMILES string of the molecule is CCn1c(=O)c(-c2noc(CCC(=O)NCc3ccccc3)n2)nn(-c2ccc(Cl)cc2)c1=O. The number of nitrogens with one attached hydrogen (secondary N) is 1. The van der Waals surface area contributed by atoms with Crippen molar-refractivity contribution < 1.29 is 9.32 Å². The Morgan fingerprint density at radius 2 is 1.82 bits per heavy atom. The van der Waals surface area contributed by atoms with Gasteiger partial charge in [-0.25, -0.2) is 4.79 Å². The number of aromatic nitrogens is 5. The Bertz CT molecular complexity index is 1410. The van der Waals surface area contributed by atoms with Gasteiger partial charge >= 0.3 is 5.69 Å². The number of carbonyl (C=O) groups excluding carboxylic acids is 1. The van der Waals surface area contributed by atoms with Gasteiger partial charge in [0.1, 0.15) is 0 Å². The molecule has 0 atom stereocenters. The second kappa shape index (κ2) is 10.3. The highest BCUT2D eigenvalue weighted by molar-refractivity contribution is 6.30. The van der Waals surface area contributed by atoms with Gasteiger partial charge in [-0.1, -0.05) is 47.1 Å². The molecular formula is C23H21ClN6O4. The number of rotatable bonds is 8. The Labute approximate surface area is 198 Å². The number of hydrogen-bond donors (Lipinski definition) is 1. The first-order valence-corrected chi connectivity index (χ1v) is 11.0. The zero-order chi connectivity index (χ0) is 24.1. The van der Waals surface area contributed by atoms with Crippen LogP contribution in [0.2, 0.25) is 5.02 Å². The lowest BCUT2D eigenvalue weighted by Gasteiger charge is -2.09. The van der Waals surface area contributed by atoms with Crippen LogP contribution in [0.1, 0.15) is 24.8 Å². The van der Waals surface area contributed by atoms with E-state index in [1.54, 1.807) is 31.2 Å². The van der Waals surface area contributed by atoms with E-state index >= 15 is 0 Å². The highest BCUT2D eigenvalue weighted by Gasteiger charge is 2.20. The molecule has 4 rings (SSSR count). The van der Waals surface area contributed by atoms with Crippen LogP contribution < -0.4 is 16.6 Å². The van der Waals surface area contributed by atoms with E-state index in [1.807, 2.05) is 30.3 Å². The van der Waals surface area contributed by atoms with Crippen molar-refractivity contribution in [3.8, 4) is 17.2 Å². The molecule has 4 aromatic rings. The molecular weight excluding hydrogens is 460 g/mol. The van der Waals surface area contributed by atoms with Gasteiger partial charge < -0.3 is 9.84 Å². The average Bonchev–Trinajstić information content (AvgIpc) is 3.32. The van der Waals surface area contributed by atoms with Crippen molar-refractivity contribution in [2.24, 2.45) is 0 Å². The van der Waals surface area contributed by atoms with Crippen molar-refractivity contribution in [1.82, 2.24) is 29.8 Å². The maximum atomic E-state index is 12.8. The fraction of sp³-hybridized carbons (Fsp3) is 0.217. The lowest BCUT2D eigenvalue weighted by Crippen LogP contribution is -2.41. The molecule has 0 radical (unpaired) electrons. The summed E-state index contributed by atoms with van der Waals surface area (Å²) in [7, 11) is 0. The van der Waals surface area contributed by atoms with Gasteiger partial charge in [-0.05, 0) is 36.8 Å². The Morgan fingerprint density at radius 3 is 2.53 bits per heavy atom. The van der Waals surface area contributed by atoms with E-state index in [2.05, 4.69) is 20.6 Å². The molecule has 0 unspecified atom stereocenters. The molecule has 2 aromatic carbocycles. The molecule has 0 aliphatic carbocycles. The maximum Gasteiger partial charge on any atom is 0.352 e. The predicted octanol–water partition coefficient (Wildman–Crippen LogP) is 2.37. The van der Waals surface area contributed by atoms with Gasteiger partial charge in [-0.15, -0.1) is 0 Å². The molecule has 0 saturated carbocycles. The van der Waals surface area contributed by atoms with Crippen LogP contribution in [0.15, 0.2) is 68.7 Å². The van der Waals surface area contributed by atoms with E-state index in [9.17, 15) is 14.4 Å². The largest absolute Gasteiger partial charge is 0.352 e.